The second kappa shape index (κ2) is 4.68. The van der Waals surface area contributed by atoms with Gasteiger partial charge in [-0.05, 0) is 12.1 Å². The second-order valence-electron chi connectivity index (χ2n) is 4.09. The summed E-state index contributed by atoms with van der Waals surface area (Å²) in [4.78, 5) is 11.2. The molecular weight excluding hydrogens is 252 g/mol. The number of Topliss-reactive ketones (excluding diaryl/α,β-unsaturated/α-hetero) is 1. The third-order valence-electron chi connectivity index (χ3n) is 2.79. The van der Waals surface area contributed by atoms with Gasteiger partial charge in [0.25, 0.3) is 0 Å². The van der Waals surface area contributed by atoms with E-state index in [1.165, 1.54) is 0 Å². The lowest BCUT2D eigenvalue weighted by molar-refractivity contribution is -0.138. The van der Waals surface area contributed by atoms with Crippen molar-refractivity contribution >= 4 is 5.78 Å². The van der Waals surface area contributed by atoms with Crippen molar-refractivity contribution in [2.75, 3.05) is 6.61 Å². The van der Waals surface area contributed by atoms with Gasteiger partial charge in [-0.25, -0.2) is 4.39 Å². The number of carbonyl (C=O) groups excluding carboxylic acids is 1. The van der Waals surface area contributed by atoms with Crippen LogP contribution in [-0.4, -0.2) is 12.4 Å². The van der Waals surface area contributed by atoms with Crippen LogP contribution in [0.25, 0.3) is 0 Å². The maximum atomic E-state index is 13.6. The van der Waals surface area contributed by atoms with Crippen molar-refractivity contribution in [3.05, 3.63) is 35.1 Å². The molecule has 18 heavy (non-hydrogen) atoms. The first kappa shape index (κ1) is 13.0. The molecule has 2 rings (SSSR count). The smallest absolute Gasteiger partial charge is 0.372 e. The van der Waals surface area contributed by atoms with Crippen molar-refractivity contribution in [2.24, 2.45) is 0 Å². The van der Waals surface area contributed by atoms with Crippen LogP contribution in [0.15, 0.2) is 18.2 Å². The van der Waals surface area contributed by atoms with Gasteiger partial charge < -0.3 is 4.74 Å². The highest BCUT2D eigenvalue weighted by atomic mass is 19.4. The molecule has 0 N–H and O–H groups in total. The molecule has 0 aliphatic carbocycles. The molecule has 2 nitrogen and oxygen atoms in total. The summed E-state index contributed by atoms with van der Waals surface area (Å²) in [6, 6.07) is 2.25. The molecule has 0 radical (unpaired) electrons. The number of benzene rings is 1. The van der Waals surface area contributed by atoms with Crippen molar-refractivity contribution in [1.82, 2.24) is 0 Å². The number of carbonyl (C=O) groups is 1. The Balaban J connectivity index is 2.27. The number of ketones is 1. The zero-order valence-corrected chi connectivity index (χ0v) is 9.26. The normalized spacial score (nSPS) is 21.1. The van der Waals surface area contributed by atoms with Crippen LogP contribution in [0.1, 0.15) is 30.1 Å². The van der Waals surface area contributed by atoms with Crippen LogP contribution in [0.5, 0.6) is 0 Å². The Morgan fingerprint density at radius 2 is 2.00 bits per heavy atom. The van der Waals surface area contributed by atoms with Gasteiger partial charge in [-0.3, -0.25) is 4.79 Å². The Kier molecular flexibility index (Phi) is 3.38. The van der Waals surface area contributed by atoms with E-state index in [-0.39, 0.29) is 30.8 Å². The van der Waals surface area contributed by atoms with Gasteiger partial charge in [-0.2, -0.15) is 13.2 Å². The number of hydrogen-bond acceptors (Lipinski definition) is 2. The number of rotatable bonds is 1. The van der Waals surface area contributed by atoms with Crippen molar-refractivity contribution < 1.29 is 27.1 Å². The van der Waals surface area contributed by atoms with Crippen LogP contribution in [0.3, 0.4) is 0 Å². The van der Waals surface area contributed by atoms with E-state index in [1.54, 1.807) is 0 Å². The summed E-state index contributed by atoms with van der Waals surface area (Å²) in [6.07, 6.45) is -5.10. The first-order valence-corrected chi connectivity index (χ1v) is 5.38. The fourth-order valence-corrected chi connectivity index (χ4v) is 1.85. The standard InChI is InChI=1S/C12H10F4O2/c13-10-5-7(12(14,15)16)1-2-9(10)11-6-8(17)3-4-18-11/h1-2,5,11H,3-4,6H2. The van der Waals surface area contributed by atoms with Gasteiger partial charge in [-0.1, -0.05) is 6.07 Å². The highest BCUT2D eigenvalue weighted by molar-refractivity contribution is 5.79. The van der Waals surface area contributed by atoms with E-state index in [4.69, 9.17) is 4.74 Å². The van der Waals surface area contributed by atoms with E-state index in [0.29, 0.717) is 6.07 Å². The number of halogens is 4. The van der Waals surface area contributed by atoms with Gasteiger partial charge in [0.05, 0.1) is 18.3 Å². The van der Waals surface area contributed by atoms with E-state index in [9.17, 15) is 22.4 Å². The van der Waals surface area contributed by atoms with Crippen LogP contribution in [0.4, 0.5) is 17.6 Å². The van der Waals surface area contributed by atoms with Crippen molar-refractivity contribution in [3.8, 4) is 0 Å². The second-order valence-corrected chi connectivity index (χ2v) is 4.09. The molecule has 0 bridgehead atoms. The largest absolute Gasteiger partial charge is 0.416 e. The van der Waals surface area contributed by atoms with Gasteiger partial charge in [0.1, 0.15) is 11.6 Å². The molecule has 0 saturated carbocycles. The van der Waals surface area contributed by atoms with Crippen LogP contribution in [0.2, 0.25) is 0 Å². The molecule has 1 atom stereocenters. The molecule has 98 valence electrons. The third kappa shape index (κ3) is 2.69. The minimum Gasteiger partial charge on any atom is -0.372 e. The van der Waals surface area contributed by atoms with Gasteiger partial charge in [0, 0.05) is 18.4 Å². The van der Waals surface area contributed by atoms with Gasteiger partial charge in [0.15, 0.2) is 0 Å². The maximum Gasteiger partial charge on any atom is 0.416 e. The molecule has 1 aliphatic heterocycles. The summed E-state index contributed by atoms with van der Waals surface area (Å²) in [5.41, 5.74) is -1.05. The van der Waals surface area contributed by atoms with E-state index in [1.807, 2.05) is 0 Å². The Labute approximate surface area is 101 Å². The SMILES string of the molecule is O=C1CCOC(c2ccc(C(F)(F)F)cc2F)C1. The Hall–Kier alpha value is -1.43. The average molecular weight is 262 g/mol. The molecule has 0 amide bonds. The number of ether oxygens (including phenoxy) is 1. The summed E-state index contributed by atoms with van der Waals surface area (Å²) in [7, 11) is 0. The lowest BCUT2D eigenvalue weighted by Gasteiger charge is -2.22. The predicted molar refractivity (Wildman–Crippen MR) is 54.3 cm³/mol. The van der Waals surface area contributed by atoms with E-state index >= 15 is 0 Å². The van der Waals surface area contributed by atoms with E-state index in [2.05, 4.69) is 0 Å². The first-order valence-electron chi connectivity index (χ1n) is 5.38. The van der Waals surface area contributed by atoms with Gasteiger partial charge in [0.2, 0.25) is 0 Å². The number of hydrogen-bond donors (Lipinski definition) is 0. The minimum absolute atomic E-state index is 0.00227. The Morgan fingerprint density at radius 1 is 1.28 bits per heavy atom. The molecule has 0 aromatic heterocycles. The fraction of sp³-hybridized carbons (Fsp3) is 0.417. The van der Waals surface area contributed by atoms with Gasteiger partial charge >= 0.3 is 6.18 Å². The molecule has 1 aromatic carbocycles. The molecule has 6 heteroatoms. The van der Waals surface area contributed by atoms with E-state index < -0.39 is 23.7 Å². The highest BCUT2D eigenvalue weighted by Gasteiger charge is 2.32. The molecule has 1 aromatic rings. The molecule has 1 fully saturated rings. The zero-order valence-electron chi connectivity index (χ0n) is 9.26. The van der Waals surface area contributed by atoms with Crippen molar-refractivity contribution in [2.45, 2.75) is 25.1 Å². The monoisotopic (exact) mass is 262 g/mol. The molecule has 1 unspecified atom stereocenters. The maximum absolute atomic E-state index is 13.6. The minimum atomic E-state index is -4.58. The van der Waals surface area contributed by atoms with Crippen LogP contribution in [-0.2, 0) is 15.7 Å². The molecule has 1 saturated heterocycles. The lowest BCUT2D eigenvalue weighted by Crippen LogP contribution is -2.20. The first-order chi connectivity index (χ1) is 8.38. The topological polar surface area (TPSA) is 26.3 Å². The zero-order chi connectivity index (χ0) is 13.3. The summed E-state index contributed by atoms with van der Waals surface area (Å²) in [6.45, 7) is 0.171. The third-order valence-corrected chi connectivity index (χ3v) is 2.79. The quantitative estimate of drug-likeness (QED) is 0.726. The highest BCUT2D eigenvalue weighted by Crippen LogP contribution is 2.33. The Bertz CT molecular complexity index is 468. The molecular formula is C12H10F4O2. The average Bonchev–Trinajstić information content (AvgIpc) is 2.27. The Morgan fingerprint density at radius 3 is 2.56 bits per heavy atom. The molecule has 0 spiro atoms. The lowest BCUT2D eigenvalue weighted by atomic mass is 9.99. The van der Waals surface area contributed by atoms with Crippen LogP contribution >= 0.6 is 0 Å². The molecule has 1 aliphatic rings. The van der Waals surface area contributed by atoms with Crippen molar-refractivity contribution in [3.63, 3.8) is 0 Å². The summed E-state index contributed by atoms with van der Waals surface area (Å²) < 4.78 is 55.9. The number of alkyl halides is 3. The predicted octanol–water partition coefficient (Wildman–Crippen LogP) is 3.27. The fourth-order valence-electron chi connectivity index (χ4n) is 1.85. The summed E-state index contributed by atoms with van der Waals surface area (Å²) in [5.74, 6) is -1.07. The summed E-state index contributed by atoms with van der Waals surface area (Å²) in [5, 5.41) is 0. The summed E-state index contributed by atoms with van der Waals surface area (Å²) >= 11 is 0. The van der Waals surface area contributed by atoms with Crippen LogP contribution in [0, 0.1) is 5.82 Å². The van der Waals surface area contributed by atoms with Crippen LogP contribution < -0.4 is 0 Å². The van der Waals surface area contributed by atoms with Gasteiger partial charge in [-0.15, -0.1) is 0 Å². The molecule has 1 heterocycles. The van der Waals surface area contributed by atoms with E-state index in [0.717, 1.165) is 12.1 Å². The van der Waals surface area contributed by atoms with Crippen molar-refractivity contribution in [1.29, 1.82) is 0 Å².